The molecule has 8 nitrogen and oxygen atoms in total. The summed E-state index contributed by atoms with van der Waals surface area (Å²) in [4.78, 5) is 4.56. The average molecular weight is 742 g/mol. The van der Waals surface area contributed by atoms with Gasteiger partial charge >= 0.3 is 21.4 Å². The van der Waals surface area contributed by atoms with E-state index in [1.165, 1.54) is 11.1 Å². The molecule has 4 aromatic rings. The summed E-state index contributed by atoms with van der Waals surface area (Å²) in [7, 11) is 0.621. The van der Waals surface area contributed by atoms with Crippen molar-refractivity contribution in [2.75, 3.05) is 49.9 Å². The molecule has 2 fully saturated rings. The average Bonchev–Trinajstić information content (AvgIpc) is 3.89. The van der Waals surface area contributed by atoms with Gasteiger partial charge < -0.3 is 37.7 Å². The molecule has 2 aliphatic carbocycles. The number of para-hydroxylation sites is 1. The second-order valence-corrected chi connectivity index (χ2v) is 13.7. The van der Waals surface area contributed by atoms with E-state index in [9.17, 15) is 0 Å². The van der Waals surface area contributed by atoms with Crippen molar-refractivity contribution in [3.63, 3.8) is 0 Å². The van der Waals surface area contributed by atoms with Crippen LogP contribution in [0.2, 0.25) is 0 Å². The topological polar surface area (TPSA) is 61.9 Å². The number of benzene rings is 4. The van der Waals surface area contributed by atoms with Gasteiger partial charge in [0.25, 0.3) is 0 Å². The Kier molecular flexibility index (Phi) is 12.3. The highest BCUT2D eigenvalue weighted by molar-refractivity contribution is 6.62. The van der Waals surface area contributed by atoms with Gasteiger partial charge in [-0.2, -0.15) is 0 Å². The van der Waals surface area contributed by atoms with Crippen molar-refractivity contribution in [2.45, 2.75) is 19.8 Å². The van der Waals surface area contributed by atoms with E-state index in [0.717, 1.165) is 63.4 Å². The zero-order valence-corrected chi connectivity index (χ0v) is 32.0. The zero-order chi connectivity index (χ0) is 38.1. The Labute approximate surface area is 331 Å². The Morgan fingerprint density at radius 2 is 0.982 bits per heavy atom. The van der Waals surface area contributed by atoms with Crippen LogP contribution in [0.1, 0.15) is 19.8 Å². The van der Waals surface area contributed by atoms with Gasteiger partial charge in [-0.1, -0.05) is 78.9 Å². The van der Waals surface area contributed by atoms with E-state index in [4.69, 9.17) is 27.9 Å². The van der Waals surface area contributed by atoms with Gasteiger partial charge in [-0.15, -0.1) is 0 Å². The lowest BCUT2D eigenvalue weighted by molar-refractivity contribution is 0.253. The monoisotopic (exact) mass is 742 g/mol. The van der Waals surface area contributed by atoms with Crippen LogP contribution >= 0.6 is 0 Å². The van der Waals surface area contributed by atoms with E-state index in [1.54, 1.807) is 7.11 Å². The molecule has 56 heavy (non-hydrogen) atoms. The number of anilines is 4. The summed E-state index contributed by atoms with van der Waals surface area (Å²) in [5.41, 5.74) is 11.9. The van der Waals surface area contributed by atoms with Crippen LogP contribution in [0.25, 0.3) is 0 Å². The highest BCUT2D eigenvalue weighted by Crippen LogP contribution is 2.35. The normalized spacial score (nSPS) is 16.8. The molecule has 0 atom stereocenters. The summed E-state index contributed by atoms with van der Waals surface area (Å²) in [5, 5.41) is 0. The Morgan fingerprint density at radius 1 is 0.554 bits per heavy atom. The smallest absolute Gasteiger partial charge is 0.410 e. The summed E-state index contributed by atoms with van der Waals surface area (Å²) >= 11 is 0. The predicted octanol–water partition coefficient (Wildman–Crippen LogP) is 7.07. The Morgan fingerprint density at radius 3 is 1.41 bits per heavy atom. The van der Waals surface area contributed by atoms with Crippen LogP contribution < -0.4 is 26.2 Å². The van der Waals surface area contributed by atoms with Crippen molar-refractivity contribution in [3.8, 4) is 0 Å². The molecule has 0 N–H and O–H groups in total. The molecule has 11 heteroatoms. The molecule has 2 heterocycles. The number of rotatable bonds is 13. The summed E-state index contributed by atoms with van der Waals surface area (Å²) < 4.78 is 34.4. The summed E-state index contributed by atoms with van der Waals surface area (Å²) in [6.45, 7) is 4.99. The third-order valence-electron chi connectivity index (χ3n) is 10.2. The largest absolute Gasteiger partial charge is 0.494 e. The van der Waals surface area contributed by atoms with E-state index in [-0.39, 0.29) is 14.2 Å². The quantitative estimate of drug-likeness (QED) is 0.135. The van der Waals surface area contributed by atoms with Gasteiger partial charge in [0.15, 0.2) is 0 Å². The number of hydrogen-bond donors (Lipinski definition) is 0. The molecule has 2 saturated heterocycles. The van der Waals surface area contributed by atoms with Gasteiger partial charge in [-0.3, -0.25) is 0 Å². The summed E-state index contributed by atoms with van der Waals surface area (Å²) in [6, 6.07) is 35.8. The van der Waals surface area contributed by atoms with E-state index < -0.39 is 7.12 Å². The SMILES string of the molecule is CCOB(OC)c1ccc(N(C2=CC=C(C3=CC=C(N(c4ccccc4)c4ccc(B5OCCO5)cc4)C=CC3)CC=C2)c2ccc(B3OCCO3)cc2)cc1. The predicted molar refractivity (Wildman–Crippen MR) is 228 cm³/mol. The number of hydrogen-bond acceptors (Lipinski definition) is 8. The first-order valence-corrected chi connectivity index (χ1v) is 19.4. The Hall–Kier alpha value is -5.13. The van der Waals surface area contributed by atoms with Gasteiger partial charge in [-0.25, -0.2) is 0 Å². The minimum atomic E-state index is -0.417. The molecule has 4 aliphatic rings. The van der Waals surface area contributed by atoms with Crippen molar-refractivity contribution in [1.29, 1.82) is 0 Å². The van der Waals surface area contributed by atoms with Gasteiger partial charge in [0.1, 0.15) is 0 Å². The molecular formula is C45H45B3N2O6. The fourth-order valence-corrected chi connectivity index (χ4v) is 7.37. The highest BCUT2D eigenvalue weighted by atomic mass is 16.6. The van der Waals surface area contributed by atoms with Gasteiger partial charge in [-0.05, 0) is 120 Å². The molecular weight excluding hydrogens is 697 g/mol. The molecule has 0 amide bonds. The Bertz CT molecular complexity index is 2120. The van der Waals surface area contributed by atoms with Gasteiger partial charge in [0.2, 0.25) is 0 Å². The van der Waals surface area contributed by atoms with Crippen LogP contribution in [-0.2, 0) is 27.9 Å². The summed E-state index contributed by atoms with van der Waals surface area (Å²) in [5.74, 6) is 0. The first kappa shape index (κ1) is 37.8. The van der Waals surface area contributed by atoms with Crippen LogP contribution in [0.3, 0.4) is 0 Å². The molecule has 4 aromatic carbocycles. The van der Waals surface area contributed by atoms with Crippen LogP contribution in [0.5, 0.6) is 0 Å². The lowest BCUT2D eigenvalue weighted by Crippen LogP contribution is -2.35. The number of allylic oxidation sites excluding steroid dienone is 10. The van der Waals surface area contributed by atoms with Crippen molar-refractivity contribution in [3.05, 3.63) is 174 Å². The molecule has 280 valence electrons. The maximum absolute atomic E-state index is 5.81. The standard InChI is InChI=1S/C45H45B3N2O6/c1-3-52-46(51-2)37-17-25-44(26-18-37)50(45-29-21-39(22-30-45)48-55-33-34-56-48)42-14-8-10-36(16-24-42)35-9-7-13-41(23-15-35)49(40-11-5-4-6-12-40)43-27-19-38(20-28-43)47-53-31-32-54-47/h4-8,11-30H,3,9-10,31-34H2,1-2H3. The van der Waals surface area contributed by atoms with Gasteiger partial charge in [0.05, 0.1) is 26.4 Å². The minimum absolute atomic E-state index is 0.303. The maximum atomic E-state index is 5.81. The molecule has 2 aliphatic heterocycles. The third kappa shape index (κ3) is 8.64. The Balaban J connectivity index is 1.10. The minimum Gasteiger partial charge on any atom is -0.410 e. The second-order valence-electron chi connectivity index (χ2n) is 13.7. The molecule has 8 rings (SSSR count). The molecule has 0 unspecified atom stereocenters. The van der Waals surface area contributed by atoms with E-state index >= 15 is 0 Å². The van der Waals surface area contributed by atoms with E-state index in [0.29, 0.717) is 33.0 Å². The van der Waals surface area contributed by atoms with Crippen LogP contribution in [0.4, 0.5) is 22.7 Å². The first-order valence-electron chi connectivity index (χ1n) is 19.4. The second kappa shape index (κ2) is 18.2. The highest BCUT2D eigenvalue weighted by Gasteiger charge is 2.28. The van der Waals surface area contributed by atoms with Gasteiger partial charge in [0, 0.05) is 47.9 Å². The molecule has 0 spiro atoms. The van der Waals surface area contributed by atoms with Crippen LogP contribution in [0, 0.1) is 0 Å². The van der Waals surface area contributed by atoms with Crippen molar-refractivity contribution >= 4 is 60.5 Å². The van der Waals surface area contributed by atoms with E-state index in [2.05, 4.69) is 155 Å². The fourth-order valence-electron chi connectivity index (χ4n) is 7.37. The molecule has 0 radical (unpaired) electrons. The van der Waals surface area contributed by atoms with E-state index in [1.807, 2.05) is 13.0 Å². The molecule has 0 saturated carbocycles. The maximum Gasteiger partial charge on any atom is 0.494 e. The van der Waals surface area contributed by atoms with Crippen LogP contribution in [0.15, 0.2) is 174 Å². The zero-order valence-electron chi connectivity index (χ0n) is 32.0. The molecule has 0 bridgehead atoms. The number of nitrogens with zero attached hydrogens (tertiary/aromatic N) is 2. The lowest BCUT2D eigenvalue weighted by Gasteiger charge is -2.27. The lowest BCUT2D eigenvalue weighted by atomic mass is 9.79. The first-order chi connectivity index (χ1) is 27.7. The molecule has 0 aromatic heterocycles. The van der Waals surface area contributed by atoms with Crippen LogP contribution in [-0.4, -0.2) is 61.5 Å². The van der Waals surface area contributed by atoms with Crippen molar-refractivity contribution in [2.24, 2.45) is 0 Å². The van der Waals surface area contributed by atoms with Crippen molar-refractivity contribution in [1.82, 2.24) is 0 Å². The summed E-state index contributed by atoms with van der Waals surface area (Å²) in [6.07, 6.45) is 19.6. The third-order valence-corrected chi connectivity index (χ3v) is 10.2. The fraction of sp³-hybridized carbons (Fsp3) is 0.200. The van der Waals surface area contributed by atoms with Crippen molar-refractivity contribution < 1.29 is 27.9 Å².